The smallest absolute Gasteiger partial charge is 0.319 e. The van der Waals surface area contributed by atoms with Crippen molar-refractivity contribution in [1.29, 1.82) is 0 Å². The minimum atomic E-state index is -0.240. The van der Waals surface area contributed by atoms with Crippen LogP contribution in [0.3, 0.4) is 0 Å². The highest BCUT2D eigenvalue weighted by atomic mass is 35.5. The molecule has 0 bridgehead atoms. The molecule has 0 aliphatic carbocycles. The number of benzene rings is 2. The predicted molar refractivity (Wildman–Crippen MR) is 132 cm³/mol. The van der Waals surface area contributed by atoms with E-state index in [2.05, 4.69) is 37.6 Å². The summed E-state index contributed by atoms with van der Waals surface area (Å²) < 4.78 is 10.5. The van der Waals surface area contributed by atoms with Crippen LogP contribution in [0.15, 0.2) is 60.8 Å². The van der Waals surface area contributed by atoms with Crippen molar-refractivity contribution in [2.24, 2.45) is 0 Å². The fourth-order valence-electron chi connectivity index (χ4n) is 4.16. The minimum absolute atomic E-state index is 0.0387. The number of carbonyl (C=O) groups is 1. The number of nitrogens with one attached hydrogen (secondary N) is 2. The Balaban J connectivity index is 1.48. The first-order valence-corrected chi connectivity index (χ1v) is 11.5. The van der Waals surface area contributed by atoms with Crippen molar-refractivity contribution in [1.82, 2.24) is 20.2 Å². The first-order chi connectivity index (χ1) is 16.5. The van der Waals surface area contributed by atoms with Gasteiger partial charge in [-0.05, 0) is 48.4 Å². The fraction of sp³-hybridized carbons (Fsp3) is 0.320. The maximum atomic E-state index is 12.8. The van der Waals surface area contributed by atoms with E-state index in [1.54, 1.807) is 50.7 Å². The van der Waals surface area contributed by atoms with Crippen molar-refractivity contribution in [3.05, 3.63) is 77.2 Å². The third kappa shape index (κ3) is 6.15. The molecule has 2 aromatic carbocycles. The Morgan fingerprint density at radius 2 is 1.85 bits per heavy atom. The normalized spacial score (nSPS) is 18.2. The maximum Gasteiger partial charge on any atom is 0.319 e. The van der Waals surface area contributed by atoms with Crippen LogP contribution in [-0.2, 0) is 6.54 Å². The number of likely N-dealkylation sites (tertiary alicyclic amines) is 1. The molecule has 1 saturated heterocycles. The highest BCUT2D eigenvalue weighted by Crippen LogP contribution is 2.30. The first-order valence-electron chi connectivity index (χ1n) is 11.1. The first kappa shape index (κ1) is 23.8. The molecule has 2 N–H and O–H groups in total. The van der Waals surface area contributed by atoms with E-state index in [0.29, 0.717) is 29.0 Å². The van der Waals surface area contributed by atoms with E-state index >= 15 is 0 Å². The molecule has 9 heteroatoms. The van der Waals surface area contributed by atoms with Crippen molar-refractivity contribution in [3.63, 3.8) is 0 Å². The molecule has 0 unspecified atom stereocenters. The summed E-state index contributed by atoms with van der Waals surface area (Å²) in [5.74, 6) is 2.14. The largest absolute Gasteiger partial charge is 0.497 e. The molecule has 0 radical (unpaired) electrons. The average molecular weight is 482 g/mol. The zero-order valence-electron chi connectivity index (χ0n) is 19.2. The molecule has 0 spiro atoms. The summed E-state index contributed by atoms with van der Waals surface area (Å²) in [4.78, 5) is 23.9. The fourth-order valence-corrected chi connectivity index (χ4v) is 4.29. The molecule has 8 nitrogen and oxygen atoms in total. The zero-order chi connectivity index (χ0) is 23.9. The molecule has 2 heterocycles. The number of aromatic nitrogens is 2. The second-order valence-corrected chi connectivity index (χ2v) is 8.57. The number of hydrogen-bond acceptors (Lipinski definition) is 6. The Labute approximate surface area is 204 Å². The Kier molecular flexibility index (Phi) is 7.82. The molecule has 1 fully saturated rings. The standard InChI is InChI=1S/C25H28ClN5O3/c1-33-20-9-3-17(4-10-20)21-15-31(16-23-27-13-11-24(30-23)34-2)14-12-22(21)29-25(32)28-19-7-5-18(26)6-8-19/h3-11,13,21-22H,12,14-16H2,1-2H3,(H2,28,29,32)/t21-,22+/m0/s1. The number of amides is 2. The highest BCUT2D eigenvalue weighted by Gasteiger charge is 2.32. The number of hydrogen-bond donors (Lipinski definition) is 2. The average Bonchev–Trinajstić information content (AvgIpc) is 2.86. The van der Waals surface area contributed by atoms with Crippen LogP contribution in [0.2, 0.25) is 5.02 Å². The van der Waals surface area contributed by atoms with Gasteiger partial charge in [-0.2, -0.15) is 4.98 Å². The number of rotatable bonds is 7. The van der Waals surface area contributed by atoms with Crippen molar-refractivity contribution in [2.75, 3.05) is 32.6 Å². The molecule has 34 heavy (non-hydrogen) atoms. The molecular formula is C25H28ClN5O3. The van der Waals surface area contributed by atoms with E-state index in [1.807, 2.05) is 12.1 Å². The third-order valence-electron chi connectivity index (χ3n) is 5.91. The van der Waals surface area contributed by atoms with Gasteiger partial charge in [-0.1, -0.05) is 23.7 Å². The van der Waals surface area contributed by atoms with E-state index < -0.39 is 0 Å². The van der Waals surface area contributed by atoms with Crippen molar-refractivity contribution in [2.45, 2.75) is 24.9 Å². The molecule has 1 aromatic heterocycles. The van der Waals surface area contributed by atoms with E-state index in [4.69, 9.17) is 21.1 Å². The summed E-state index contributed by atoms with van der Waals surface area (Å²) in [5, 5.41) is 6.69. The quantitative estimate of drug-likeness (QED) is 0.522. The minimum Gasteiger partial charge on any atom is -0.497 e. The van der Waals surface area contributed by atoms with Crippen molar-refractivity contribution in [3.8, 4) is 11.6 Å². The lowest BCUT2D eigenvalue weighted by Gasteiger charge is -2.39. The van der Waals surface area contributed by atoms with E-state index in [1.165, 1.54) is 0 Å². The van der Waals surface area contributed by atoms with Gasteiger partial charge in [-0.15, -0.1) is 0 Å². The summed E-state index contributed by atoms with van der Waals surface area (Å²) in [6.45, 7) is 2.16. The number of halogens is 1. The van der Waals surface area contributed by atoms with Crippen LogP contribution in [0.5, 0.6) is 11.6 Å². The lowest BCUT2D eigenvalue weighted by Crippen LogP contribution is -2.50. The second-order valence-electron chi connectivity index (χ2n) is 8.13. The monoisotopic (exact) mass is 481 g/mol. The lowest BCUT2D eigenvalue weighted by molar-refractivity contribution is 0.165. The van der Waals surface area contributed by atoms with Crippen LogP contribution < -0.4 is 20.1 Å². The van der Waals surface area contributed by atoms with Gasteiger partial charge in [0.2, 0.25) is 5.88 Å². The predicted octanol–water partition coefficient (Wildman–Crippen LogP) is 4.33. The Morgan fingerprint density at radius 3 is 2.56 bits per heavy atom. The van der Waals surface area contributed by atoms with Crippen LogP contribution in [0.1, 0.15) is 23.7 Å². The summed E-state index contributed by atoms with van der Waals surface area (Å²) in [6, 6.07) is 16.5. The number of piperidine rings is 1. The molecule has 3 aromatic rings. The van der Waals surface area contributed by atoms with Crippen LogP contribution >= 0.6 is 11.6 Å². The second kappa shape index (κ2) is 11.2. The molecule has 2 amide bonds. The number of nitrogens with zero attached hydrogens (tertiary/aromatic N) is 3. The molecule has 178 valence electrons. The molecular weight excluding hydrogens is 454 g/mol. The number of methoxy groups -OCH3 is 2. The summed E-state index contributed by atoms with van der Waals surface area (Å²) in [6.07, 6.45) is 2.49. The van der Waals surface area contributed by atoms with Gasteiger partial charge < -0.3 is 20.1 Å². The van der Waals surface area contributed by atoms with Crippen molar-refractivity contribution < 1.29 is 14.3 Å². The number of anilines is 1. The van der Waals surface area contributed by atoms with Crippen LogP contribution in [0.4, 0.5) is 10.5 Å². The lowest BCUT2D eigenvalue weighted by atomic mass is 9.86. The van der Waals surface area contributed by atoms with Gasteiger partial charge in [0, 0.05) is 48.0 Å². The topological polar surface area (TPSA) is 88.6 Å². The molecule has 0 saturated carbocycles. The Morgan fingerprint density at radius 1 is 1.09 bits per heavy atom. The van der Waals surface area contributed by atoms with Gasteiger partial charge >= 0.3 is 6.03 Å². The van der Waals surface area contributed by atoms with E-state index in [9.17, 15) is 4.79 Å². The summed E-state index contributed by atoms with van der Waals surface area (Å²) in [7, 11) is 3.25. The van der Waals surface area contributed by atoms with Gasteiger partial charge in [0.25, 0.3) is 0 Å². The number of carbonyl (C=O) groups excluding carboxylic acids is 1. The van der Waals surface area contributed by atoms with Crippen molar-refractivity contribution >= 4 is 23.3 Å². The van der Waals surface area contributed by atoms with Gasteiger partial charge in [-0.25, -0.2) is 9.78 Å². The van der Waals surface area contributed by atoms with Gasteiger partial charge in [-0.3, -0.25) is 4.90 Å². The Bertz CT molecular complexity index is 1090. The van der Waals surface area contributed by atoms with Crippen LogP contribution in [0, 0.1) is 0 Å². The molecule has 4 rings (SSSR count). The van der Waals surface area contributed by atoms with E-state index in [0.717, 1.165) is 30.8 Å². The zero-order valence-corrected chi connectivity index (χ0v) is 20.0. The van der Waals surface area contributed by atoms with Gasteiger partial charge in [0.15, 0.2) is 0 Å². The third-order valence-corrected chi connectivity index (χ3v) is 6.17. The number of urea groups is 1. The van der Waals surface area contributed by atoms with Crippen LogP contribution in [-0.4, -0.2) is 54.2 Å². The van der Waals surface area contributed by atoms with Crippen LogP contribution in [0.25, 0.3) is 0 Å². The Hall–Kier alpha value is -3.36. The van der Waals surface area contributed by atoms with E-state index in [-0.39, 0.29) is 18.0 Å². The maximum absolute atomic E-state index is 12.8. The SMILES string of the molecule is COc1ccc([C@@H]2CN(Cc3nccc(OC)n3)CC[C@H]2NC(=O)Nc2ccc(Cl)cc2)cc1. The van der Waals surface area contributed by atoms with Gasteiger partial charge in [0.05, 0.1) is 20.8 Å². The molecule has 1 aliphatic heterocycles. The number of ether oxygens (including phenoxy) is 2. The highest BCUT2D eigenvalue weighted by molar-refractivity contribution is 6.30. The summed E-state index contributed by atoms with van der Waals surface area (Å²) in [5.41, 5.74) is 1.82. The molecule has 2 atom stereocenters. The summed E-state index contributed by atoms with van der Waals surface area (Å²) >= 11 is 5.94. The van der Waals surface area contributed by atoms with Gasteiger partial charge in [0.1, 0.15) is 11.6 Å². The molecule has 1 aliphatic rings.